The summed E-state index contributed by atoms with van der Waals surface area (Å²) in [6.45, 7) is 0.537. The third-order valence-corrected chi connectivity index (χ3v) is 7.46. The van der Waals surface area contributed by atoms with Gasteiger partial charge in [-0.15, -0.1) is 0 Å². The lowest BCUT2D eigenvalue weighted by atomic mass is 9.96. The van der Waals surface area contributed by atoms with Gasteiger partial charge in [-0.3, -0.25) is 4.79 Å². The van der Waals surface area contributed by atoms with Crippen molar-refractivity contribution in [1.29, 1.82) is 0 Å². The first-order chi connectivity index (χ1) is 12.6. The van der Waals surface area contributed by atoms with Crippen molar-refractivity contribution in [1.82, 2.24) is 4.90 Å². The van der Waals surface area contributed by atoms with Gasteiger partial charge in [0.25, 0.3) is 5.91 Å². The van der Waals surface area contributed by atoms with Crippen molar-refractivity contribution in [2.45, 2.75) is 16.1 Å². The highest BCUT2D eigenvalue weighted by atomic mass is 32.2. The van der Waals surface area contributed by atoms with Crippen LogP contribution < -0.4 is 0 Å². The first-order valence-corrected chi connectivity index (χ1v) is 9.85. The highest BCUT2D eigenvalue weighted by molar-refractivity contribution is 7.92. The minimum absolute atomic E-state index is 0.178. The third-order valence-electron chi connectivity index (χ3n) is 5.21. The molecule has 0 spiro atoms. The number of fused-ring (bicyclic) bond motifs is 3. The molecule has 0 saturated carbocycles. The van der Waals surface area contributed by atoms with Crippen molar-refractivity contribution < 1.29 is 22.0 Å². The molecule has 26 heavy (non-hydrogen) atoms. The molecule has 1 saturated heterocycles. The van der Waals surface area contributed by atoms with Crippen molar-refractivity contribution in [2.24, 2.45) is 0 Å². The van der Waals surface area contributed by atoms with E-state index in [0.29, 0.717) is 17.2 Å². The fraction of sp³-hybridized carbons (Fsp3) is 0.211. The van der Waals surface area contributed by atoms with Crippen LogP contribution in [-0.4, -0.2) is 37.6 Å². The predicted octanol–water partition coefficient (Wildman–Crippen LogP) is 2.94. The molecule has 4 heterocycles. The van der Waals surface area contributed by atoms with Crippen LogP contribution in [0, 0.1) is 0 Å². The van der Waals surface area contributed by atoms with Crippen LogP contribution in [-0.2, 0) is 9.84 Å². The highest BCUT2D eigenvalue weighted by Crippen LogP contribution is 2.46. The van der Waals surface area contributed by atoms with Gasteiger partial charge in [0.1, 0.15) is 5.76 Å². The molecule has 5 rings (SSSR count). The molecule has 1 amide bonds. The number of hydrogen-bond acceptors (Lipinski definition) is 5. The van der Waals surface area contributed by atoms with Gasteiger partial charge in [-0.2, -0.15) is 0 Å². The van der Waals surface area contributed by atoms with Gasteiger partial charge in [0.05, 0.1) is 22.7 Å². The Morgan fingerprint density at radius 1 is 1.04 bits per heavy atom. The second-order valence-electron chi connectivity index (χ2n) is 6.61. The van der Waals surface area contributed by atoms with Crippen LogP contribution in [0.4, 0.5) is 0 Å². The molecule has 132 valence electrons. The van der Waals surface area contributed by atoms with E-state index in [1.807, 2.05) is 12.1 Å². The van der Waals surface area contributed by atoms with Gasteiger partial charge < -0.3 is 13.7 Å². The number of benzene rings is 1. The summed E-state index contributed by atoms with van der Waals surface area (Å²) in [7, 11) is -3.46. The summed E-state index contributed by atoms with van der Waals surface area (Å²) in [5.74, 6) is 0.411. The molecule has 6 nitrogen and oxygen atoms in total. The summed E-state index contributed by atoms with van der Waals surface area (Å²) < 4.78 is 36.5. The van der Waals surface area contributed by atoms with Gasteiger partial charge in [0.2, 0.25) is 0 Å². The third kappa shape index (κ3) is 2.10. The summed E-state index contributed by atoms with van der Waals surface area (Å²) in [4.78, 5) is 14.5. The van der Waals surface area contributed by atoms with Gasteiger partial charge in [0, 0.05) is 24.6 Å². The topological polar surface area (TPSA) is 80.7 Å². The molecule has 1 fully saturated rings. The van der Waals surface area contributed by atoms with Crippen LogP contribution in [0.3, 0.4) is 0 Å². The molecule has 0 unspecified atom stereocenters. The van der Waals surface area contributed by atoms with Crippen LogP contribution in [0.1, 0.15) is 22.0 Å². The monoisotopic (exact) mass is 369 g/mol. The van der Waals surface area contributed by atoms with E-state index < -0.39 is 15.1 Å². The molecule has 2 aliphatic rings. The average Bonchev–Trinajstić information content (AvgIpc) is 3.43. The number of furan rings is 2. The Labute approximate surface area is 149 Å². The van der Waals surface area contributed by atoms with E-state index in [4.69, 9.17) is 8.83 Å². The van der Waals surface area contributed by atoms with Crippen molar-refractivity contribution in [3.8, 4) is 11.3 Å². The first-order valence-electron chi connectivity index (χ1n) is 8.30. The molecule has 0 radical (unpaired) electrons. The maximum absolute atomic E-state index is 12.9. The predicted molar refractivity (Wildman–Crippen MR) is 92.5 cm³/mol. The summed E-state index contributed by atoms with van der Waals surface area (Å²) in [5.41, 5.74) is 1.60. The maximum Gasteiger partial charge on any atom is 0.289 e. The summed E-state index contributed by atoms with van der Waals surface area (Å²) in [5, 5.41) is -0.608. The molecule has 0 N–H and O–H groups in total. The number of hydrogen-bond donors (Lipinski definition) is 0. The lowest BCUT2D eigenvalue weighted by molar-refractivity contribution is 0.0759. The van der Waals surface area contributed by atoms with Crippen LogP contribution in [0.25, 0.3) is 11.3 Å². The number of carbonyl (C=O) groups is 1. The molecule has 2 atom stereocenters. The van der Waals surface area contributed by atoms with Gasteiger partial charge in [-0.25, -0.2) is 8.42 Å². The molecule has 0 bridgehead atoms. The van der Waals surface area contributed by atoms with Crippen molar-refractivity contribution in [2.75, 3.05) is 13.1 Å². The number of rotatable bonds is 2. The minimum atomic E-state index is -3.46. The molecule has 7 heteroatoms. The molecule has 0 aliphatic carbocycles. The Kier molecular flexibility index (Phi) is 3.18. The SMILES string of the molecule is O=C(c1ccco1)N1C[C@H]2c3cc(-c4ccco4)ccc3S(=O)(=O)[C@H]2C1. The molecule has 2 aliphatic heterocycles. The van der Waals surface area contributed by atoms with E-state index >= 15 is 0 Å². The number of amides is 1. The number of nitrogens with zero attached hydrogens (tertiary/aromatic N) is 1. The van der Waals surface area contributed by atoms with E-state index in [0.717, 1.165) is 11.1 Å². The molecule has 1 aromatic carbocycles. The summed E-state index contributed by atoms with van der Waals surface area (Å²) in [6.07, 6.45) is 3.02. The van der Waals surface area contributed by atoms with Gasteiger partial charge >= 0.3 is 0 Å². The Morgan fingerprint density at radius 3 is 2.58 bits per heavy atom. The molecular weight excluding hydrogens is 354 g/mol. The number of carbonyl (C=O) groups excluding carboxylic acids is 1. The van der Waals surface area contributed by atoms with E-state index in [1.54, 1.807) is 41.5 Å². The van der Waals surface area contributed by atoms with E-state index in [9.17, 15) is 13.2 Å². The maximum atomic E-state index is 12.9. The number of likely N-dealkylation sites (tertiary alicyclic amines) is 1. The molecule has 3 aromatic rings. The summed E-state index contributed by atoms with van der Waals surface area (Å²) in [6, 6.07) is 12.2. The zero-order valence-corrected chi connectivity index (χ0v) is 14.5. The quantitative estimate of drug-likeness (QED) is 0.694. The highest BCUT2D eigenvalue weighted by Gasteiger charge is 2.51. The zero-order valence-electron chi connectivity index (χ0n) is 13.7. The van der Waals surface area contributed by atoms with Crippen LogP contribution in [0.15, 0.2) is 68.7 Å². The smallest absolute Gasteiger partial charge is 0.289 e. The van der Waals surface area contributed by atoms with E-state index in [2.05, 4.69) is 0 Å². The van der Waals surface area contributed by atoms with E-state index in [-0.39, 0.29) is 24.1 Å². The van der Waals surface area contributed by atoms with Gasteiger partial charge in [-0.1, -0.05) is 0 Å². The number of sulfone groups is 1. The Morgan fingerprint density at radius 2 is 1.85 bits per heavy atom. The molecule has 2 aromatic heterocycles. The Hall–Kier alpha value is -2.80. The van der Waals surface area contributed by atoms with Crippen LogP contribution >= 0.6 is 0 Å². The lowest BCUT2D eigenvalue weighted by Gasteiger charge is -2.16. The van der Waals surface area contributed by atoms with Gasteiger partial charge in [-0.05, 0) is 48.0 Å². The van der Waals surface area contributed by atoms with Crippen molar-refractivity contribution >= 4 is 15.7 Å². The second kappa shape index (κ2) is 5.35. The second-order valence-corrected chi connectivity index (χ2v) is 8.74. The van der Waals surface area contributed by atoms with Crippen LogP contribution in [0.5, 0.6) is 0 Å². The Bertz CT molecular complexity index is 1080. The van der Waals surface area contributed by atoms with Gasteiger partial charge in [0.15, 0.2) is 15.6 Å². The normalized spacial score (nSPS) is 23.0. The first kappa shape index (κ1) is 15.5. The van der Waals surface area contributed by atoms with E-state index in [1.165, 1.54) is 6.26 Å². The molecular formula is C19H15NO5S. The minimum Gasteiger partial charge on any atom is -0.464 e. The fourth-order valence-corrected chi connectivity index (χ4v) is 6.13. The summed E-state index contributed by atoms with van der Waals surface area (Å²) >= 11 is 0. The van der Waals surface area contributed by atoms with Crippen molar-refractivity contribution in [3.05, 3.63) is 66.3 Å². The lowest BCUT2D eigenvalue weighted by Crippen LogP contribution is -2.31. The van der Waals surface area contributed by atoms with Crippen LogP contribution in [0.2, 0.25) is 0 Å². The zero-order chi connectivity index (χ0) is 17.9. The van der Waals surface area contributed by atoms with Crippen molar-refractivity contribution in [3.63, 3.8) is 0 Å². The fourth-order valence-electron chi connectivity index (χ4n) is 3.97. The average molecular weight is 369 g/mol. The largest absolute Gasteiger partial charge is 0.464 e. The standard InChI is InChI=1S/C19H15NO5S/c21-19(16-4-2-8-25-16)20-10-14-13-9-12(15-3-1-7-24-15)5-6-17(13)26(22,23)18(14)11-20/h1-9,14,18H,10-11H2/t14-,18-/m0/s1. The Balaban J connectivity index is 1.54.